The number of fused-ring (bicyclic) bond motifs is 1. The second-order valence-electron chi connectivity index (χ2n) is 8.09. The fraction of sp³-hybridized carbons (Fsp3) is 0.200. The number of aromatic nitrogens is 5. The van der Waals surface area contributed by atoms with E-state index < -0.39 is 0 Å². The van der Waals surface area contributed by atoms with E-state index >= 15 is 0 Å². The second-order valence-corrected chi connectivity index (χ2v) is 8.09. The van der Waals surface area contributed by atoms with Gasteiger partial charge >= 0.3 is 0 Å². The molecule has 1 atom stereocenters. The van der Waals surface area contributed by atoms with E-state index in [1.165, 1.54) is 0 Å². The highest BCUT2D eigenvalue weighted by Gasteiger charge is 2.12. The summed E-state index contributed by atoms with van der Waals surface area (Å²) >= 11 is 0. The molecule has 7 nitrogen and oxygen atoms in total. The minimum absolute atomic E-state index is 0.0138. The predicted molar refractivity (Wildman–Crippen MR) is 125 cm³/mol. The molecule has 0 bridgehead atoms. The standard InChI is InChI=1S/C25H24N6O/c1-15-14-32-24-6-5-18(8-22(15)24)23-9-25(30-17(3)29-23)28-16(2)19-7-20(11-26-10-19)21-12-27-31(4)13-21/h5-14,16H,1-4H3,(H,28,29,30). The molecule has 0 amide bonds. The summed E-state index contributed by atoms with van der Waals surface area (Å²) in [6.45, 7) is 6.05. The molecule has 0 saturated carbocycles. The Balaban J connectivity index is 1.43. The molecule has 0 saturated heterocycles. The van der Waals surface area contributed by atoms with Gasteiger partial charge < -0.3 is 9.73 Å². The summed E-state index contributed by atoms with van der Waals surface area (Å²) in [5.74, 6) is 1.49. The molecular formula is C25H24N6O. The SMILES string of the molecule is Cc1nc(NC(C)c2cncc(-c3cnn(C)c3)c2)cc(-c2ccc3occ(C)c3c2)n1. The highest BCUT2D eigenvalue weighted by atomic mass is 16.3. The normalized spacial score (nSPS) is 12.2. The van der Waals surface area contributed by atoms with Crippen molar-refractivity contribution in [2.24, 2.45) is 7.05 Å². The predicted octanol–water partition coefficient (Wildman–Crippen LogP) is 5.48. The number of furan rings is 1. The number of benzene rings is 1. The number of hydrogen-bond donors (Lipinski definition) is 1. The molecule has 0 fully saturated rings. The smallest absolute Gasteiger partial charge is 0.134 e. The Labute approximate surface area is 186 Å². The van der Waals surface area contributed by atoms with E-state index in [2.05, 4.69) is 44.4 Å². The summed E-state index contributed by atoms with van der Waals surface area (Å²) in [4.78, 5) is 13.7. The van der Waals surface area contributed by atoms with Gasteiger partial charge in [0, 0.05) is 53.8 Å². The van der Waals surface area contributed by atoms with Crippen molar-refractivity contribution in [3.8, 4) is 22.4 Å². The van der Waals surface area contributed by atoms with E-state index in [1.807, 2.05) is 63.9 Å². The van der Waals surface area contributed by atoms with Crippen molar-refractivity contribution in [2.75, 3.05) is 5.32 Å². The Hall–Kier alpha value is -4.00. The van der Waals surface area contributed by atoms with Crippen LogP contribution in [0.1, 0.15) is 29.9 Å². The van der Waals surface area contributed by atoms with Gasteiger partial charge in [-0.15, -0.1) is 0 Å². The third-order valence-electron chi connectivity index (χ3n) is 5.56. The van der Waals surface area contributed by atoms with E-state index in [0.29, 0.717) is 5.82 Å². The van der Waals surface area contributed by atoms with Crippen molar-refractivity contribution in [3.63, 3.8) is 0 Å². The maximum atomic E-state index is 5.58. The Morgan fingerprint density at radius 2 is 1.84 bits per heavy atom. The molecule has 4 aromatic heterocycles. The molecule has 5 aromatic rings. The van der Waals surface area contributed by atoms with Gasteiger partial charge in [-0.1, -0.05) is 0 Å². The molecule has 0 aliphatic heterocycles. The molecule has 0 spiro atoms. The molecule has 160 valence electrons. The van der Waals surface area contributed by atoms with E-state index in [0.717, 1.165) is 50.3 Å². The summed E-state index contributed by atoms with van der Waals surface area (Å²) in [6, 6.07) is 10.3. The fourth-order valence-electron chi connectivity index (χ4n) is 3.83. The van der Waals surface area contributed by atoms with Gasteiger partial charge in [-0.05, 0) is 56.2 Å². The quantitative estimate of drug-likeness (QED) is 0.403. The lowest BCUT2D eigenvalue weighted by Gasteiger charge is -2.16. The van der Waals surface area contributed by atoms with E-state index in [-0.39, 0.29) is 6.04 Å². The van der Waals surface area contributed by atoms with Gasteiger partial charge in [0.05, 0.1) is 24.2 Å². The minimum Gasteiger partial charge on any atom is -0.464 e. The third kappa shape index (κ3) is 3.85. The van der Waals surface area contributed by atoms with E-state index in [1.54, 1.807) is 10.9 Å². The molecule has 5 rings (SSSR count). The van der Waals surface area contributed by atoms with Crippen LogP contribution in [0.25, 0.3) is 33.4 Å². The number of aryl methyl sites for hydroxylation is 3. The number of rotatable bonds is 5. The van der Waals surface area contributed by atoms with Crippen LogP contribution in [-0.2, 0) is 7.05 Å². The summed E-state index contributed by atoms with van der Waals surface area (Å²) in [5.41, 5.74) is 7.04. The van der Waals surface area contributed by atoms with Crippen LogP contribution < -0.4 is 5.32 Å². The van der Waals surface area contributed by atoms with Crippen LogP contribution >= 0.6 is 0 Å². The van der Waals surface area contributed by atoms with Crippen LogP contribution in [-0.4, -0.2) is 24.7 Å². The second kappa shape index (κ2) is 7.92. The molecule has 0 aliphatic carbocycles. The van der Waals surface area contributed by atoms with Crippen LogP contribution in [0.4, 0.5) is 5.82 Å². The summed E-state index contributed by atoms with van der Waals surface area (Å²) in [7, 11) is 1.91. The van der Waals surface area contributed by atoms with Crippen molar-refractivity contribution in [1.82, 2.24) is 24.7 Å². The summed E-state index contributed by atoms with van der Waals surface area (Å²) in [6.07, 6.45) is 9.34. The molecule has 1 aromatic carbocycles. The van der Waals surface area contributed by atoms with E-state index in [4.69, 9.17) is 4.42 Å². The van der Waals surface area contributed by atoms with E-state index in [9.17, 15) is 0 Å². The van der Waals surface area contributed by atoms with Crippen LogP contribution in [0.2, 0.25) is 0 Å². The molecular weight excluding hydrogens is 400 g/mol. The molecule has 7 heteroatoms. The Morgan fingerprint density at radius 3 is 2.66 bits per heavy atom. The van der Waals surface area contributed by atoms with Gasteiger partial charge in [0.2, 0.25) is 0 Å². The van der Waals surface area contributed by atoms with Gasteiger partial charge in [0.15, 0.2) is 0 Å². The molecule has 0 radical (unpaired) electrons. The van der Waals surface area contributed by atoms with Crippen molar-refractivity contribution < 1.29 is 4.42 Å². The largest absolute Gasteiger partial charge is 0.464 e. The van der Waals surface area contributed by atoms with Crippen molar-refractivity contribution >= 4 is 16.8 Å². The van der Waals surface area contributed by atoms with Crippen LogP contribution in [0, 0.1) is 13.8 Å². The highest BCUT2D eigenvalue weighted by molar-refractivity contribution is 5.85. The number of nitrogens with zero attached hydrogens (tertiary/aromatic N) is 5. The monoisotopic (exact) mass is 424 g/mol. The summed E-state index contributed by atoms with van der Waals surface area (Å²) < 4.78 is 7.36. The average molecular weight is 425 g/mol. The first-order chi connectivity index (χ1) is 15.5. The number of anilines is 1. The lowest BCUT2D eigenvalue weighted by atomic mass is 10.1. The zero-order valence-electron chi connectivity index (χ0n) is 18.5. The van der Waals surface area contributed by atoms with Gasteiger partial charge in [-0.2, -0.15) is 5.10 Å². The van der Waals surface area contributed by atoms with Crippen molar-refractivity contribution in [2.45, 2.75) is 26.8 Å². The first-order valence-corrected chi connectivity index (χ1v) is 10.5. The summed E-state index contributed by atoms with van der Waals surface area (Å²) in [5, 5.41) is 8.86. The highest BCUT2D eigenvalue weighted by Crippen LogP contribution is 2.29. The zero-order chi connectivity index (χ0) is 22.2. The molecule has 1 N–H and O–H groups in total. The Bertz CT molecular complexity index is 1420. The van der Waals surface area contributed by atoms with Gasteiger partial charge in [-0.25, -0.2) is 9.97 Å². The maximum Gasteiger partial charge on any atom is 0.134 e. The topological polar surface area (TPSA) is 81.7 Å². The van der Waals surface area contributed by atoms with Crippen LogP contribution in [0.15, 0.2) is 65.8 Å². The van der Waals surface area contributed by atoms with Crippen molar-refractivity contribution in [3.05, 3.63) is 78.3 Å². The molecule has 1 unspecified atom stereocenters. The maximum absolute atomic E-state index is 5.58. The van der Waals surface area contributed by atoms with Gasteiger partial charge in [0.1, 0.15) is 17.2 Å². The molecule has 32 heavy (non-hydrogen) atoms. The van der Waals surface area contributed by atoms with Crippen LogP contribution in [0.5, 0.6) is 0 Å². The lowest BCUT2D eigenvalue weighted by molar-refractivity contribution is 0.613. The first kappa shape index (κ1) is 19.9. The average Bonchev–Trinajstić information content (AvgIpc) is 3.39. The van der Waals surface area contributed by atoms with Gasteiger partial charge in [0.25, 0.3) is 0 Å². The number of nitrogens with one attached hydrogen (secondary N) is 1. The number of pyridine rings is 1. The first-order valence-electron chi connectivity index (χ1n) is 10.5. The minimum atomic E-state index is 0.0138. The molecule has 4 heterocycles. The Kier molecular flexibility index (Phi) is 4.93. The Morgan fingerprint density at radius 1 is 0.969 bits per heavy atom. The molecule has 0 aliphatic rings. The third-order valence-corrected chi connectivity index (χ3v) is 5.56. The van der Waals surface area contributed by atoms with Crippen molar-refractivity contribution in [1.29, 1.82) is 0 Å². The zero-order valence-corrected chi connectivity index (χ0v) is 18.5. The number of hydrogen-bond acceptors (Lipinski definition) is 6. The van der Waals surface area contributed by atoms with Crippen LogP contribution in [0.3, 0.4) is 0 Å². The lowest BCUT2D eigenvalue weighted by Crippen LogP contribution is -2.09. The fourth-order valence-corrected chi connectivity index (χ4v) is 3.83. The van der Waals surface area contributed by atoms with Gasteiger partial charge in [-0.3, -0.25) is 9.67 Å².